The number of aliphatic hydroxyl groups is 3. The van der Waals surface area contributed by atoms with Crippen LogP contribution in [0.1, 0.15) is 11.8 Å². The number of benzene rings is 1. The first-order valence-electron chi connectivity index (χ1n) is 10.5. The number of hydrogen-bond acceptors (Lipinski definition) is 9. The van der Waals surface area contributed by atoms with E-state index in [0.29, 0.717) is 10.9 Å². The molecule has 0 aliphatic carbocycles. The van der Waals surface area contributed by atoms with Crippen LogP contribution in [-0.4, -0.2) is 77.9 Å². The Hall–Kier alpha value is -3.49. The molecule has 2 unspecified atom stereocenters. The lowest BCUT2D eigenvalue weighted by atomic mass is 10.0. The number of aromatic hydroxyl groups is 1. The number of nitrogens with two attached hydrogens (primary N) is 1. The zero-order chi connectivity index (χ0) is 24.6. The van der Waals surface area contributed by atoms with Gasteiger partial charge in [-0.05, 0) is 30.2 Å². The highest BCUT2D eigenvalue weighted by Crippen LogP contribution is 2.30. The molecule has 1 aromatic carbocycles. The van der Waals surface area contributed by atoms with Gasteiger partial charge >= 0.3 is 5.69 Å². The SMILES string of the molecule is NC(Cc1c[nH]c2ccc(O)cc12)C(=O)N[C@H](CO)[C@H]1OC(n2ccc(=O)[nH]c2=O)[C@H](O)[C@@H]1O. The quantitative estimate of drug-likeness (QED) is 0.179. The van der Waals surface area contributed by atoms with E-state index in [2.05, 4.69) is 10.3 Å². The van der Waals surface area contributed by atoms with Crippen LogP contribution in [0.5, 0.6) is 5.75 Å². The number of amides is 1. The molecule has 13 heteroatoms. The third-order valence-electron chi connectivity index (χ3n) is 5.85. The maximum atomic E-state index is 12.7. The molecule has 0 radical (unpaired) electrons. The van der Waals surface area contributed by atoms with Crippen LogP contribution in [0.4, 0.5) is 0 Å². The highest BCUT2D eigenvalue weighted by atomic mass is 16.6. The summed E-state index contributed by atoms with van der Waals surface area (Å²) >= 11 is 0. The number of ether oxygens (including phenoxy) is 1. The molecular weight excluding hydrogens is 450 g/mol. The van der Waals surface area contributed by atoms with Gasteiger partial charge in [0.25, 0.3) is 5.56 Å². The number of nitrogens with one attached hydrogen (secondary N) is 3. The lowest BCUT2D eigenvalue weighted by Crippen LogP contribution is -2.54. The number of phenols is 1. The first kappa shape index (κ1) is 23.7. The zero-order valence-corrected chi connectivity index (χ0v) is 17.8. The number of hydrogen-bond donors (Lipinski definition) is 8. The van der Waals surface area contributed by atoms with Gasteiger partial charge in [-0.2, -0.15) is 0 Å². The number of aromatic amines is 2. The molecule has 0 saturated carbocycles. The topological polar surface area (TPSA) is 216 Å². The van der Waals surface area contributed by atoms with Gasteiger partial charge in [0.05, 0.1) is 18.7 Å². The van der Waals surface area contributed by atoms with Gasteiger partial charge in [-0.25, -0.2) is 4.79 Å². The number of H-pyrrole nitrogens is 2. The maximum Gasteiger partial charge on any atom is 0.330 e. The van der Waals surface area contributed by atoms with E-state index in [1.54, 1.807) is 18.3 Å². The van der Waals surface area contributed by atoms with Crippen LogP contribution in [-0.2, 0) is 16.0 Å². The Morgan fingerprint density at radius 1 is 1.24 bits per heavy atom. The van der Waals surface area contributed by atoms with E-state index in [-0.39, 0.29) is 12.2 Å². The highest BCUT2D eigenvalue weighted by molar-refractivity contribution is 5.87. The van der Waals surface area contributed by atoms with Crippen LogP contribution < -0.4 is 22.3 Å². The summed E-state index contributed by atoms with van der Waals surface area (Å²) in [5.74, 6) is -0.586. The molecule has 0 bridgehead atoms. The van der Waals surface area contributed by atoms with E-state index in [0.717, 1.165) is 22.3 Å². The van der Waals surface area contributed by atoms with Gasteiger partial charge in [0.15, 0.2) is 6.23 Å². The Kier molecular flexibility index (Phi) is 6.54. The van der Waals surface area contributed by atoms with Crippen molar-refractivity contribution in [2.45, 2.75) is 43.0 Å². The molecule has 4 rings (SSSR count). The predicted octanol–water partition coefficient (Wildman–Crippen LogP) is -2.61. The molecule has 6 atom stereocenters. The molecule has 2 aromatic heterocycles. The summed E-state index contributed by atoms with van der Waals surface area (Å²) in [4.78, 5) is 41.1. The van der Waals surface area contributed by atoms with E-state index >= 15 is 0 Å². The molecule has 3 aromatic rings. The fourth-order valence-corrected chi connectivity index (χ4v) is 4.06. The van der Waals surface area contributed by atoms with Crippen molar-refractivity contribution < 1.29 is 30.0 Å². The standard InChI is InChI=1S/C21H25N5O8/c22-12(5-9-7-23-13-2-1-10(28)6-11(9)13)19(32)24-14(8-27)18-16(30)17(31)20(34-18)26-4-3-15(29)25-21(26)33/h1-4,6-7,12,14,16-18,20,23,27-28,30-31H,5,8,22H2,(H,24,32)(H,25,29,33)/t12?,14-,16+,17-,18-,20?/m1/s1. The fourth-order valence-electron chi connectivity index (χ4n) is 4.06. The number of carbonyl (C=O) groups is 1. The van der Waals surface area contributed by atoms with Gasteiger partial charge in [-0.3, -0.25) is 19.1 Å². The van der Waals surface area contributed by atoms with Crippen LogP contribution in [0, 0.1) is 0 Å². The summed E-state index contributed by atoms with van der Waals surface area (Å²) in [6, 6.07) is 3.61. The van der Waals surface area contributed by atoms with Gasteiger partial charge in [0.2, 0.25) is 5.91 Å². The smallest absolute Gasteiger partial charge is 0.330 e. The van der Waals surface area contributed by atoms with Crippen LogP contribution in [0.3, 0.4) is 0 Å². The van der Waals surface area contributed by atoms with Crippen molar-refractivity contribution in [1.29, 1.82) is 0 Å². The molecule has 34 heavy (non-hydrogen) atoms. The summed E-state index contributed by atoms with van der Waals surface area (Å²) in [5, 5.41) is 43.6. The first-order chi connectivity index (χ1) is 16.2. The first-order valence-corrected chi connectivity index (χ1v) is 10.5. The van der Waals surface area contributed by atoms with E-state index in [9.17, 15) is 34.8 Å². The summed E-state index contributed by atoms with van der Waals surface area (Å²) < 4.78 is 6.49. The van der Waals surface area contributed by atoms with Crippen LogP contribution in [0.15, 0.2) is 46.2 Å². The van der Waals surface area contributed by atoms with Crippen molar-refractivity contribution in [2.75, 3.05) is 6.61 Å². The molecule has 1 amide bonds. The molecule has 1 saturated heterocycles. The Morgan fingerprint density at radius 2 is 2.00 bits per heavy atom. The Balaban J connectivity index is 1.46. The molecule has 0 spiro atoms. The number of aliphatic hydroxyl groups excluding tert-OH is 3. The molecular formula is C21H25N5O8. The van der Waals surface area contributed by atoms with E-state index in [1.807, 2.05) is 4.98 Å². The maximum absolute atomic E-state index is 12.7. The van der Waals surface area contributed by atoms with Gasteiger partial charge in [0.1, 0.15) is 24.1 Å². The molecule has 1 aliphatic rings. The average molecular weight is 475 g/mol. The van der Waals surface area contributed by atoms with Gasteiger partial charge in [0, 0.05) is 29.4 Å². The van der Waals surface area contributed by atoms with Crippen molar-refractivity contribution in [2.24, 2.45) is 5.73 Å². The van der Waals surface area contributed by atoms with E-state index in [4.69, 9.17) is 10.5 Å². The third kappa shape index (κ3) is 4.47. The second kappa shape index (κ2) is 9.40. The van der Waals surface area contributed by atoms with Crippen molar-refractivity contribution >= 4 is 16.8 Å². The monoisotopic (exact) mass is 475 g/mol. The molecule has 9 N–H and O–H groups in total. The highest BCUT2D eigenvalue weighted by Gasteiger charge is 2.47. The Bertz CT molecular complexity index is 1300. The normalized spacial score (nSPS) is 24.2. The predicted molar refractivity (Wildman–Crippen MR) is 118 cm³/mol. The Morgan fingerprint density at radius 3 is 2.71 bits per heavy atom. The number of aromatic nitrogens is 3. The number of carbonyl (C=O) groups excluding carboxylic acids is 1. The zero-order valence-electron chi connectivity index (χ0n) is 17.8. The second-order valence-electron chi connectivity index (χ2n) is 8.14. The summed E-state index contributed by atoms with van der Waals surface area (Å²) in [7, 11) is 0. The minimum atomic E-state index is -1.58. The van der Waals surface area contributed by atoms with E-state index < -0.39 is 60.4 Å². The minimum Gasteiger partial charge on any atom is -0.508 e. The number of phenolic OH excluding ortho intramolecular Hbond substituents is 1. The van der Waals surface area contributed by atoms with E-state index in [1.165, 1.54) is 6.07 Å². The summed E-state index contributed by atoms with van der Waals surface area (Å²) in [5.41, 5.74) is 6.00. The molecule has 1 aliphatic heterocycles. The molecule has 1 fully saturated rings. The van der Waals surface area contributed by atoms with Gasteiger partial charge < -0.3 is 41.2 Å². The average Bonchev–Trinajstić information content (AvgIpc) is 3.32. The van der Waals surface area contributed by atoms with Crippen LogP contribution in [0.2, 0.25) is 0 Å². The van der Waals surface area contributed by atoms with Crippen molar-refractivity contribution in [3.63, 3.8) is 0 Å². The van der Waals surface area contributed by atoms with Crippen LogP contribution >= 0.6 is 0 Å². The fraction of sp³-hybridized carbons (Fsp3) is 0.381. The third-order valence-corrected chi connectivity index (χ3v) is 5.85. The lowest BCUT2D eigenvalue weighted by molar-refractivity contribution is -0.126. The summed E-state index contributed by atoms with van der Waals surface area (Å²) in [6.45, 7) is -0.652. The van der Waals surface area contributed by atoms with Gasteiger partial charge in [-0.15, -0.1) is 0 Å². The number of rotatable bonds is 7. The Labute approximate surface area is 191 Å². The number of fused-ring (bicyclic) bond motifs is 1. The van der Waals surface area contributed by atoms with Crippen molar-refractivity contribution in [3.05, 3.63) is 63.1 Å². The van der Waals surface area contributed by atoms with Gasteiger partial charge in [-0.1, -0.05) is 0 Å². The largest absolute Gasteiger partial charge is 0.508 e. The minimum absolute atomic E-state index is 0.0637. The molecule has 3 heterocycles. The summed E-state index contributed by atoms with van der Waals surface area (Å²) in [6.07, 6.45) is -2.88. The second-order valence-corrected chi connectivity index (χ2v) is 8.14. The number of nitrogens with zero attached hydrogens (tertiary/aromatic N) is 1. The molecule has 182 valence electrons. The van der Waals surface area contributed by atoms with Crippen molar-refractivity contribution in [3.8, 4) is 5.75 Å². The molecule has 13 nitrogen and oxygen atoms in total. The van der Waals surface area contributed by atoms with Crippen LogP contribution in [0.25, 0.3) is 10.9 Å². The lowest BCUT2D eigenvalue weighted by Gasteiger charge is -2.26. The van der Waals surface area contributed by atoms with Crippen molar-refractivity contribution in [1.82, 2.24) is 19.9 Å².